The van der Waals surface area contributed by atoms with Gasteiger partial charge in [-0.15, -0.1) is 0 Å². The molecule has 0 spiro atoms. The number of rotatable bonds is 10. The van der Waals surface area contributed by atoms with Crippen LogP contribution in [0.4, 0.5) is 5.69 Å². The third-order valence-corrected chi connectivity index (χ3v) is 5.74. The highest BCUT2D eigenvalue weighted by molar-refractivity contribution is 7.99. The highest BCUT2D eigenvalue weighted by Crippen LogP contribution is 2.22. The minimum absolute atomic E-state index is 0.0980. The second kappa shape index (κ2) is 11.9. The third-order valence-electron chi connectivity index (χ3n) is 4.77. The number of para-hydroxylation sites is 1. The van der Waals surface area contributed by atoms with Gasteiger partial charge in [0.2, 0.25) is 5.91 Å². The molecule has 1 heterocycles. The molecular formula is C24H26N4O4S. The number of unbranched alkanes of at least 4 members (excludes halogenated alkanes) is 1. The van der Waals surface area contributed by atoms with E-state index in [0.717, 1.165) is 18.5 Å². The highest BCUT2D eigenvalue weighted by Gasteiger charge is 2.15. The van der Waals surface area contributed by atoms with Crippen molar-refractivity contribution in [3.8, 4) is 5.69 Å². The first-order chi connectivity index (χ1) is 16.0. The van der Waals surface area contributed by atoms with Gasteiger partial charge >= 0.3 is 5.97 Å². The molecule has 33 heavy (non-hydrogen) atoms. The Morgan fingerprint density at radius 1 is 1.09 bits per heavy atom. The zero-order valence-electron chi connectivity index (χ0n) is 18.5. The van der Waals surface area contributed by atoms with E-state index in [2.05, 4.69) is 22.5 Å². The van der Waals surface area contributed by atoms with Crippen LogP contribution in [0, 0.1) is 0 Å². The number of carbonyl (C=O) groups is 3. The second-order valence-electron chi connectivity index (χ2n) is 7.11. The predicted molar refractivity (Wildman–Crippen MR) is 128 cm³/mol. The normalized spacial score (nSPS) is 10.5. The molecule has 0 aliphatic rings. The Morgan fingerprint density at radius 3 is 2.58 bits per heavy atom. The fourth-order valence-electron chi connectivity index (χ4n) is 3.04. The number of imidazole rings is 1. The van der Waals surface area contributed by atoms with E-state index in [1.165, 1.54) is 18.9 Å². The van der Waals surface area contributed by atoms with E-state index in [0.29, 0.717) is 28.5 Å². The lowest BCUT2D eigenvalue weighted by Crippen LogP contribution is -2.24. The summed E-state index contributed by atoms with van der Waals surface area (Å²) in [6, 6.07) is 13.9. The Balaban J connectivity index is 1.62. The lowest BCUT2D eigenvalue weighted by atomic mass is 10.2. The van der Waals surface area contributed by atoms with Crippen molar-refractivity contribution in [2.75, 3.05) is 24.7 Å². The zero-order chi connectivity index (χ0) is 23.6. The molecule has 2 aromatic carbocycles. The standard InChI is InChI=1S/C24H26N4O4S/c1-3-4-13-25-22(30)17-9-11-18(12-10-17)28-15-14-26-24(28)33-16-21(29)27-20-8-6-5-7-19(20)23(31)32-2/h5-12,14-15H,3-4,13,16H2,1-2H3,(H,25,30)(H,27,29). The van der Waals surface area contributed by atoms with E-state index < -0.39 is 5.97 Å². The summed E-state index contributed by atoms with van der Waals surface area (Å²) in [5.41, 5.74) is 2.11. The molecule has 1 aromatic heterocycles. The molecule has 0 aliphatic carbocycles. The zero-order valence-corrected chi connectivity index (χ0v) is 19.4. The van der Waals surface area contributed by atoms with Crippen LogP contribution in [-0.4, -0.2) is 46.7 Å². The Kier molecular flexibility index (Phi) is 8.65. The van der Waals surface area contributed by atoms with Gasteiger partial charge in [-0.3, -0.25) is 14.2 Å². The van der Waals surface area contributed by atoms with Gasteiger partial charge in [-0.2, -0.15) is 0 Å². The van der Waals surface area contributed by atoms with E-state index in [-0.39, 0.29) is 17.6 Å². The second-order valence-corrected chi connectivity index (χ2v) is 8.05. The molecule has 2 amide bonds. The van der Waals surface area contributed by atoms with Crippen LogP contribution in [0.2, 0.25) is 0 Å². The minimum atomic E-state index is -0.517. The Labute approximate surface area is 196 Å². The summed E-state index contributed by atoms with van der Waals surface area (Å²) >= 11 is 1.26. The van der Waals surface area contributed by atoms with Gasteiger partial charge in [0.1, 0.15) is 0 Å². The molecule has 172 valence electrons. The number of nitrogens with one attached hydrogen (secondary N) is 2. The third kappa shape index (κ3) is 6.45. The number of esters is 1. The number of thioether (sulfide) groups is 1. The van der Waals surface area contributed by atoms with Crippen LogP contribution in [-0.2, 0) is 9.53 Å². The maximum absolute atomic E-state index is 12.5. The first kappa shape index (κ1) is 24.1. The summed E-state index contributed by atoms with van der Waals surface area (Å²) in [5, 5.41) is 6.27. The van der Waals surface area contributed by atoms with Crippen LogP contribution in [0.1, 0.15) is 40.5 Å². The number of aromatic nitrogens is 2. The number of nitrogens with zero attached hydrogens (tertiary/aromatic N) is 2. The summed E-state index contributed by atoms with van der Waals surface area (Å²) < 4.78 is 6.60. The quantitative estimate of drug-likeness (QED) is 0.267. The van der Waals surface area contributed by atoms with Crippen molar-refractivity contribution in [2.24, 2.45) is 0 Å². The minimum Gasteiger partial charge on any atom is -0.465 e. The monoisotopic (exact) mass is 466 g/mol. The topological polar surface area (TPSA) is 102 Å². The van der Waals surface area contributed by atoms with E-state index >= 15 is 0 Å². The van der Waals surface area contributed by atoms with Crippen LogP contribution >= 0.6 is 11.8 Å². The molecule has 0 unspecified atom stereocenters. The molecule has 8 nitrogen and oxygen atoms in total. The molecule has 0 atom stereocenters. The first-order valence-electron chi connectivity index (χ1n) is 10.6. The number of hydrogen-bond donors (Lipinski definition) is 2. The molecule has 3 aromatic rings. The maximum atomic E-state index is 12.5. The number of amides is 2. The van der Waals surface area contributed by atoms with Crippen molar-refractivity contribution in [1.82, 2.24) is 14.9 Å². The number of anilines is 1. The average molecular weight is 467 g/mol. The maximum Gasteiger partial charge on any atom is 0.339 e. The van der Waals surface area contributed by atoms with Gasteiger partial charge in [0.15, 0.2) is 5.16 Å². The SMILES string of the molecule is CCCCNC(=O)c1ccc(-n2ccnc2SCC(=O)Nc2ccccc2C(=O)OC)cc1. The molecule has 0 fully saturated rings. The van der Waals surface area contributed by atoms with Crippen LogP contribution in [0.5, 0.6) is 0 Å². The van der Waals surface area contributed by atoms with Crippen LogP contribution < -0.4 is 10.6 Å². The summed E-state index contributed by atoms with van der Waals surface area (Å²) in [4.78, 5) is 40.9. The van der Waals surface area contributed by atoms with E-state index in [4.69, 9.17) is 4.74 Å². The summed E-state index contributed by atoms with van der Waals surface area (Å²) in [5.74, 6) is -0.787. The molecule has 2 N–H and O–H groups in total. The van der Waals surface area contributed by atoms with E-state index in [1.54, 1.807) is 48.8 Å². The van der Waals surface area contributed by atoms with Gasteiger partial charge in [0, 0.05) is 30.2 Å². The van der Waals surface area contributed by atoms with E-state index in [1.807, 2.05) is 16.7 Å². The van der Waals surface area contributed by atoms with Crippen molar-refractivity contribution < 1.29 is 19.1 Å². The molecule has 0 saturated carbocycles. The number of ether oxygens (including phenoxy) is 1. The number of methoxy groups -OCH3 is 1. The number of benzene rings is 2. The van der Waals surface area contributed by atoms with Crippen LogP contribution in [0.15, 0.2) is 66.1 Å². The predicted octanol–water partition coefficient (Wildman–Crippen LogP) is 3.92. The Bertz CT molecular complexity index is 1110. The molecule has 0 radical (unpaired) electrons. The number of hydrogen-bond acceptors (Lipinski definition) is 6. The van der Waals surface area contributed by atoms with Gasteiger partial charge in [0.05, 0.1) is 24.1 Å². The smallest absolute Gasteiger partial charge is 0.339 e. The van der Waals surface area contributed by atoms with Crippen molar-refractivity contribution in [2.45, 2.75) is 24.9 Å². The number of carbonyl (C=O) groups excluding carboxylic acids is 3. The van der Waals surface area contributed by atoms with Crippen LogP contribution in [0.25, 0.3) is 5.69 Å². The molecular weight excluding hydrogens is 440 g/mol. The lowest BCUT2D eigenvalue weighted by molar-refractivity contribution is -0.113. The van der Waals surface area contributed by atoms with Crippen molar-refractivity contribution in [3.63, 3.8) is 0 Å². The van der Waals surface area contributed by atoms with Gasteiger partial charge in [0.25, 0.3) is 5.91 Å². The fourth-order valence-corrected chi connectivity index (χ4v) is 3.82. The lowest BCUT2D eigenvalue weighted by Gasteiger charge is -2.11. The molecule has 9 heteroatoms. The average Bonchev–Trinajstić information content (AvgIpc) is 3.31. The Morgan fingerprint density at radius 2 is 1.85 bits per heavy atom. The fraction of sp³-hybridized carbons (Fsp3) is 0.250. The van der Waals surface area contributed by atoms with Gasteiger partial charge in [-0.25, -0.2) is 9.78 Å². The molecule has 3 rings (SSSR count). The summed E-state index contributed by atoms with van der Waals surface area (Å²) in [6.45, 7) is 2.73. The Hall–Kier alpha value is -3.59. The first-order valence-corrected chi connectivity index (χ1v) is 11.5. The molecule has 0 aliphatic heterocycles. The van der Waals surface area contributed by atoms with Gasteiger partial charge in [-0.1, -0.05) is 37.2 Å². The van der Waals surface area contributed by atoms with Crippen LogP contribution in [0.3, 0.4) is 0 Å². The molecule has 0 saturated heterocycles. The largest absolute Gasteiger partial charge is 0.465 e. The van der Waals surface area contributed by atoms with Crippen molar-refractivity contribution >= 4 is 35.2 Å². The van der Waals surface area contributed by atoms with Crippen molar-refractivity contribution in [1.29, 1.82) is 0 Å². The summed E-state index contributed by atoms with van der Waals surface area (Å²) in [7, 11) is 1.29. The van der Waals surface area contributed by atoms with E-state index in [9.17, 15) is 14.4 Å². The molecule has 0 bridgehead atoms. The highest BCUT2D eigenvalue weighted by atomic mass is 32.2. The van der Waals surface area contributed by atoms with Gasteiger partial charge in [-0.05, 0) is 42.8 Å². The van der Waals surface area contributed by atoms with Gasteiger partial charge < -0.3 is 15.4 Å². The summed E-state index contributed by atoms with van der Waals surface area (Å²) in [6.07, 6.45) is 5.42. The van der Waals surface area contributed by atoms with Crippen molar-refractivity contribution in [3.05, 3.63) is 72.1 Å².